The molecule has 0 saturated carbocycles. The summed E-state index contributed by atoms with van der Waals surface area (Å²) in [6.45, 7) is 0.167. The third-order valence-corrected chi connectivity index (χ3v) is 3.71. The minimum atomic E-state index is -0.847. The molecule has 0 atom stereocenters. The van der Waals surface area contributed by atoms with Gasteiger partial charge in [-0.25, -0.2) is 13.6 Å². The van der Waals surface area contributed by atoms with Gasteiger partial charge in [-0.05, 0) is 23.6 Å². The molecular formula is C21H16F2N2O2. The molecule has 3 aromatic rings. The minimum absolute atomic E-state index is 0.0147. The van der Waals surface area contributed by atoms with Crippen LogP contribution >= 0.6 is 0 Å². The molecule has 0 aliphatic carbocycles. The van der Waals surface area contributed by atoms with Crippen molar-refractivity contribution in [2.24, 2.45) is 0 Å². The summed E-state index contributed by atoms with van der Waals surface area (Å²) in [5.74, 6) is 4.52. The molecule has 0 aliphatic rings. The molecule has 0 unspecified atom stereocenters. The zero-order valence-electron chi connectivity index (χ0n) is 14.3. The van der Waals surface area contributed by atoms with Gasteiger partial charge in [-0.15, -0.1) is 0 Å². The highest BCUT2D eigenvalue weighted by Gasteiger charge is 2.10. The van der Waals surface area contributed by atoms with Crippen LogP contribution in [-0.4, -0.2) is 19.2 Å². The van der Waals surface area contributed by atoms with Gasteiger partial charge in [0.05, 0.1) is 6.54 Å². The molecule has 3 aromatic carbocycles. The molecule has 0 fully saturated rings. The summed E-state index contributed by atoms with van der Waals surface area (Å²) in [6.07, 6.45) is 0. The maximum atomic E-state index is 13.4. The summed E-state index contributed by atoms with van der Waals surface area (Å²) < 4.78 is 32.5. The van der Waals surface area contributed by atoms with Crippen molar-refractivity contribution in [3.8, 4) is 17.6 Å². The fraction of sp³-hybridized carbons (Fsp3) is 0.0952. The van der Waals surface area contributed by atoms with Gasteiger partial charge in [-0.1, -0.05) is 54.3 Å². The summed E-state index contributed by atoms with van der Waals surface area (Å²) >= 11 is 0. The first-order valence-electron chi connectivity index (χ1n) is 8.20. The second-order valence-electron chi connectivity index (χ2n) is 5.52. The van der Waals surface area contributed by atoms with Crippen LogP contribution in [0.25, 0.3) is 10.8 Å². The van der Waals surface area contributed by atoms with Crippen molar-refractivity contribution in [2.75, 3.05) is 18.5 Å². The number of amides is 2. The summed E-state index contributed by atoms with van der Waals surface area (Å²) in [6, 6.07) is 16.2. The molecule has 0 radical (unpaired) electrons. The highest BCUT2D eigenvalue weighted by molar-refractivity contribution is 5.89. The fourth-order valence-electron chi connectivity index (χ4n) is 2.45. The Labute approximate surface area is 155 Å². The van der Waals surface area contributed by atoms with Crippen LogP contribution in [0.2, 0.25) is 0 Å². The lowest BCUT2D eigenvalue weighted by atomic mass is 10.1. The molecule has 0 aromatic heterocycles. The SMILES string of the molecule is O=C(NCC#CCOc1cccc2ccccc12)Nc1c(F)cccc1F. The number of carbonyl (C=O) groups is 1. The second kappa shape index (κ2) is 8.68. The van der Waals surface area contributed by atoms with Crippen molar-refractivity contribution in [2.45, 2.75) is 0 Å². The van der Waals surface area contributed by atoms with Crippen LogP contribution in [0.1, 0.15) is 0 Å². The van der Waals surface area contributed by atoms with Gasteiger partial charge in [0.2, 0.25) is 0 Å². The first kappa shape index (κ1) is 18.2. The number of halogens is 2. The Hall–Kier alpha value is -3.59. The summed E-state index contributed by atoms with van der Waals surface area (Å²) in [5, 5.41) is 6.58. The summed E-state index contributed by atoms with van der Waals surface area (Å²) in [5.41, 5.74) is -0.498. The zero-order chi connectivity index (χ0) is 19.1. The number of hydrogen-bond acceptors (Lipinski definition) is 2. The fourth-order valence-corrected chi connectivity index (χ4v) is 2.45. The first-order chi connectivity index (χ1) is 13.1. The number of hydrogen-bond donors (Lipinski definition) is 2. The Morgan fingerprint density at radius 2 is 1.63 bits per heavy atom. The Morgan fingerprint density at radius 1 is 0.926 bits per heavy atom. The summed E-state index contributed by atoms with van der Waals surface area (Å²) in [7, 11) is 0. The number of para-hydroxylation sites is 1. The van der Waals surface area contributed by atoms with E-state index in [0.29, 0.717) is 0 Å². The number of nitrogens with one attached hydrogen (secondary N) is 2. The molecule has 0 aliphatic heterocycles. The molecule has 4 nitrogen and oxygen atoms in total. The lowest BCUT2D eigenvalue weighted by Gasteiger charge is -2.07. The van der Waals surface area contributed by atoms with Crippen LogP contribution < -0.4 is 15.4 Å². The molecule has 6 heteroatoms. The van der Waals surface area contributed by atoms with Gasteiger partial charge in [0.15, 0.2) is 0 Å². The Kier molecular flexibility index (Phi) is 5.85. The Balaban J connectivity index is 1.48. The Morgan fingerprint density at radius 3 is 2.44 bits per heavy atom. The predicted octanol–water partition coefficient (Wildman–Crippen LogP) is 4.32. The maximum absolute atomic E-state index is 13.4. The topological polar surface area (TPSA) is 50.4 Å². The quantitative estimate of drug-likeness (QED) is 0.676. The van der Waals surface area contributed by atoms with Crippen LogP contribution in [0.3, 0.4) is 0 Å². The Bertz CT molecular complexity index is 1000. The lowest BCUT2D eigenvalue weighted by molar-refractivity contribution is 0.253. The van der Waals surface area contributed by atoms with Gasteiger partial charge in [-0.3, -0.25) is 0 Å². The van der Waals surface area contributed by atoms with Crippen molar-refractivity contribution in [1.29, 1.82) is 0 Å². The van der Waals surface area contributed by atoms with Gasteiger partial charge in [0, 0.05) is 5.39 Å². The highest BCUT2D eigenvalue weighted by Crippen LogP contribution is 2.24. The molecule has 0 heterocycles. The number of urea groups is 1. The molecule has 136 valence electrons. The van der Waals surface area contributed by atoms with Crippen LogP contribution in [0.4, 0.5) is 19.3 Å². The van der Waals surface area contributed by atoms with Gasteiger partial charge in [0.25, 0.3) is 0 Å². The van der Waals surface area contributed by atoms with Crippen molar-refractivity contribution in [3.63, 3.8) is 0 Å². The number of anilines is 1. The van der Waals surface area contributed by atoms with E-state index in [9.17, 15) is 13.6 Å². The van der Waals surface area contributed by atoms with Gasteiger partial charge >= 0.3 is 6.03 Å². The zero-order valence-corrected chi connectivity index (χ0v) is 14.3. The van der Waals surface area contributed by atoms with Crippen molar-refractivity contribution >= 4 is 22.5 Å². The highest BCUT2D eigenvalue weighted by atomic mass is 19.1. The van der Waals surface area contributed by atoms with Crippen LogP contribution in [0.15, 0.2) is 60.7 Å². The van der Waals surface area contributed by atoms with E-state index in [1.807, 2.05) is 42.5 Å². The number of rotatable bonds is 4. The van der Waals surface area contributed by atoms with E-state index in [4.69, 9.17) is 4.74 Å². The molecule has 0 spiro atoms. The first-order valence-corrected chi connectivity index (χ1v) is 8.20. The van der Waals surface area contributed by atoms with Gasteiger partial charge in [-0.2, -0.15) is 0 Å². The van der Waals surface area contributed by atoms with Crippen LogP contribution in [0, 0.1) is 23.5 Å². The number of fused-ring (bicyclic) bond motifs is 1. The molecule has 0 bridgehead atoms. The third-order valence-electron chi connectivity index (χ3n) is 3.71. The second-order valence-corrected chi connectivity index (χ2v) is 5.52. The van der Waals surface area contributed by atoms with Crippen LogP contribution in [0.5, 0.6) is 5.75 Å². The third kappa shape index (κ3) is 4.73. The van der Waals surface area contributed by atoms with Gasteiger partial charge in [0.1, 0.15) is 29.7 Å². The number of ether oxygens (including phenoxy) is 1. The van der Waals surface area contributed by atoms with E-state index in [1.165, 1.54) is 6.07 Å². The van der Waals surface area contributed by atoms with Crippen LogP contribution in [-0.2, 0) is 0 Å². The maximum Gasteiger partial charge on any atom is 0.320 e. The predicted molar refractivity (Wildman–Crippen MR) is 101 cm³/mol. The van der Waals surface area contributed by atoms with E-state index < -0.39 is 23.4 Å². The molecular weight excluding hydrogens is 350 g/mol. The summed E-state index contributed by atoms with van der Waals surface area (Å²) in [4.78, 5) is 11.7. The average Bonchev–Trinajstić information content (AvgIpc) is 2.67. The minimum Gasteiger partial charge on any atom is -0.480 e. The number of carbonyl (C=O) groups excluding carboxylic acids is 1. The normalized spacial score (nSPS) is 10.0. The lowest BCUT2D eigenvalue weighted by Crippen LogP contribution is -2.29. The largest absolute Gasteiger partial charge is 0.480 e. The molecule has 2 N–H and O–H groups in total. The van der Waals surface area contributed by atoms with Gasteiger partial charge < -0.3 is 15.4 Å². The van der Waals surface area contributed by atoms with E-state index in [-0.39, 0.29) is 13.2 Å². The monoisotopic (exact) mass is 366 g/mol. The van der Waals surface area contributed by atoms with Crippen molar-refractivity contribution in [3.05, 3.63) is 72.3 Å². The van der Waals surface area contributed by atoms with E-state index in [2.05, 4.69) is 22.5 Å². The molecule has 27 heavy (non-hydrogen) atoms. The van der Waals surface area contributed by atoms with Crippen molar-refractivity contribution in [1.82, 2.24) is 5.32 Å². The molecule has 2 amide bonds. The molecule has 3 rings (SSSR count). The molecule has 0 saturated heterocycles. The van der Waals surface area contributed by atoms with E-state index >= 15 is 0 Å². The smallest absolute Gasteiger partial charge is 0.320 e. The van der Waals surface area contributed by atoms with E-state index in [1.54, 1.807) is 0 Å². The standard InChI is InChI=1S/C21H16F2N2O2/c22-17-10-6-11-18(23)20(17)25-21(26)24-13-3-4-14-27-19-12-5-8-15-7-1-2-9-16(15)19/h1-2,5-12H,13-14H2,(H2,24,25,26). The number of benzene rings is 3. The van der Waals surface area contributed by atoms with Crippen molar-refractivity contribution < 1.29 is 18.3 Å². The average molecular weight is 366 g/mol. The van der Waals surface area contributed by atoms with E-state index in [0.717, 1.165) is 28.7 Å².